The molecule has 0 radical (unpaired) electrons. The Morgan fingerprint density at radius 2 is 1.94 bits per heavy atom. The molecule has 88 valence electrons. The Labute approximate surface area is 101 Å². The van der Waals surface area contributed by atoms with Crippen LogP contribution in [0.15, 0.2) is 24.3 Å². The maximum Gasteiger partial charge on any atom is 0.161 e. The molecule has 0 saturated carbocycles. The monoisotopic (exact) mass is 229 g/mol. The lowest BCUT2D eigenvalue weighted by Gasteiger charge is -2.18. The van der Waals surface area contributed by atoms with Gasteiger partial charge in [-0.1, -0.05) is 18.2 Å². The van der Waals surface area contributed by atoms with Crippen LogP contribution < -0.4 is 9.47 Å². The van der Waals surface area contributed by atoms with Crippen molar-refractivity contribution in [2.75, 3.05) is 13.2 Å². The molecule has 1 aliphatic rings. The van der Waals surface area contributed by atoms with Gasteiger partial charge in [0.2, 0.25) is 0 Å². The van der Waals surface area contributed by atoms with E-state index in [4.69, 9.17) is 14.7 Å². The number of hydrogen-bond acceptors (Lipinski definition) is 3. The van der Waals surface area contributed by atoms with Crippen molar-refractivity contribution in [3.63, 3.8) is 0 Å². The summed E-state index contributed by atoms with van der Waals surface area (Å²) in [7, 11) is 0. The Morgan fingerprint density at radius 1 is 1.24 bits per heavy atom. The first-order chi connectivity index (χ1) is 8.11. The SMILES string of the molecule is CC(C)(C#N)/C=C/c1ccc2c(c1)OCCO2. The number of benzene rings is 1. The molecule has 0 aliphatic carbocycles. The molecule has 3 heteroatoms. The second-order valence-electron chi connectivity index (χ2n) is 4.57. The van der Waals surface area contributed by atoms with E-state index in [-0.39, 0.29) is 0 Å². The summed E-state index contributed by atoms with van der Waals surface area (Å²) >= 11 is 0. The van der Waals surface area contributed by atoms with E-state index in [1.165, 1.54) is 0 Å². The smallest absolute Gasteiger partial charge is 0.161 e. The molecule has 1 aromatic rings. The van der Waals surface area contributed by atoms with Crippen molar-refractivity contribution in [2.24, 2.45) is 5.41 Å². The Hall–Kier alpha value is -1.95. The second-order valence-corrected chi connectivity index (χ2v) is 4.57. The lowest BCUT2D eigenvalue weighted by molar-refractivity contribution is 0.171. The van der Waals surface area contributed by atoms with Gasteiger partial charge in [-0.2, -0.15) is 5.26 Å². The molecular formula is C14H15NO2. The molecule has 17 heavy (non-hydrogen) atoms. The first-order valence-corrected chi connectivity index (χ1v) is 5.61. The van der Waals surface area contributed by atoms with E-state index in [2.05, 4.69) is 6.07 Å². The number of nitriles is 1. The number of fused-ring (bicyclic) bond motifs is 1. The molecule has 2 rings (SSSR count). The number of rotatable bonds is 2. The van der Waals surface area contributed by atoms with Gasteiger partial charge in [0.15, 0.2) is 11.5 Å². The van der Waals surface area contributed by atoms with Crippen LogP contribution in [0.2, 0.25) is 0 Å². The highest BCUT2D eigenvalue weighted by Gasteiger charge is 2.13. The summed E-state index contributed by atoms with van der Waals surface area (Å²) in [5, 5.41) is 8.92. The minimum atomic E-state index is -0.451. The van der Waals surface area contributed by atoms with Crippen molar-refractivity contribution in [1.29, 1.82) is 5.26 Å². The molecule has 0 spiro atoms. The lowest BCUT2D eigenvalue weighted by Crippen LogP contribution is -2.15. The second kappa shape index (κ2) is 4.50. The van der Waals surface area contributed by atoms with Gasteiger partial charge in [0.25, 0.3) is 0 Å². The normalized spacial score (nSPS) is 14.6. The fourth-order valence-corrected chi connectivity index (χ4v) is 1.51. The zero-order chi connectivity index (χ0) is 12.3. The molecule has 0 saturated heterocycles. The predicted octanol–water partition coefficient (Wildman–Crippen LogP) is 3.02. The van der Waals surface area contributed by atoms with Crippen LogP contribution in [0.5, 0.6) is 11.5 Å². The summed E-state index contributed by atoms with van der Waals surface area (Å²) in [6.07, 6.45) is 3.82. The molecule has 3 nitrogen and oxygen atoms in total. The maximum atomic E-state index is 8.92. The van der Waals surface area contributed by atoms with E-state index in [0.717, 1.165) is 17.1 Å². The van der Waals surface area contributed by atoms with Gasteiger partial charge in [-0.25, -0.2) is 0 Å². The molecule has 0 amide bonds. The number of nitrogens with zero attached hydrogens (tertiary/aromatic N) is 1. The van der Waals surface area contributed by atoms with E-state index < -0.39 is 5.41 Å². The van der Waals surface area contributed by atoms with Gasteiger partial charge in [-0.3, -0.25) is 0 Å². The number of hydrogen-bond donors (Lipinski definition) is 0. The highest BCUT2D eigenvalue weighted by molar-refractivity contribution is 5.57. The molecule has 1 aliphatic heterocycles. The molecule has 0 aromatic heterocycles. The summed E-state index contributed by atoms with van der Waals surface area (Å²) in [6, 6.07) is 8.01. The van der Waals surface area contributed by atoms with E-state index in [1.54, 1.807) is 0 Å². The third kappa shape index (κ3) is 2.79. The Kier molecular flexibility index (Phi) is 3.06. The van der Waals surface area contributed by atoms with Crippen molar-refractivity contribution in [3.8, 4) is 17.6 Å². The standard InChI is InChI=1S/C14H15NO2/c1-14(2,10-15)6-5-11-3-4-12-13(9-11)17-8-7-16-12/h3-6,9H,7-8H2,1-2H3/b6-5+. The topological polar surface area (TPSA) is 42.2 Å². The minimum Gasteiger partial charge on any atom is -0.486 e. The quantitative estimate of drug-likeness (QED) is 0.782. The maximum absolute atomic E-state index is 8.92. The number of allylic oxidation sites excluding steroid dienone is 1. The zero-order valence-corrected chi connectivity index (χ0v) is 10.1. The summed E-state index contributed by atoms with van der Waals surface area (Å²) < 4.78 is 10.9. The van der Waals surface area contributed by atoms with Crippen LogP contribution in [0.1, 0.15) is 19.4 Å². The number of ether oxygens (including phenoxy) is 2. The van der Waals surface area contributed by atoms with Crippen molar-refractivity contribution in [2.45, 2.75) is 13.8 Å². The van der Waals surface area contributed by atoms with Gasteiger partial charge in [0.05, 0.1) is 11.5 Å². The summed E-state index contributed by atoms with van der Waals surface area (Å²) in [6.45, 7) is 4.94. The molecule has 0 bridgehead atoms. The fourth-order valence-electron chi connectivity index (χ4n) is 1.51. The molecule has 0 unspecified atom stereocenters. The van der Waals surface area contributed by atoms with Gasteiger partial charge >= 0.3 is 0 Å². The van der Waals surface area contributed by atoms with Gasteiger partial charge in [-0.15, -0.1) is 0 Å². The summed E-state index contributed by atoms with van der Waals surface area (Å²) in [5.74, 6) is 1.56. The molecule has 0 N–H and O–H groups in total. The molecular weight excluding hydrogens is 214 g/mol. The van der Waals surface area contributed by atoms with Crippen molar-refractivity contribution >= 4 is 6.08 Å². The largest absolute Gasteiger partial charge is 0.486 e. The van der Waals surface area contributed by atoms with Crippen LogP contribution in [-0.4, -0.2) is 13.2 Å². The van der Waals surface area contributed by atoms with E-state index in [9.17, 15) is 0 Å². The third-order valence-corrected chi connectivity index (χ3v) is 2.55. The van der Waals surface area contributed by atoms with Gasteiger partial charge in [0.1, 0.15) is 13.2 Å². The van der Waals surface area contributed by atoms with Gasteiger partial charge < -0.3 is 9.47 Å². The predicted molar refractivity (Wildman–Crippen MR) is 65.9 cm³/mol. The Bertz CT molecular complexity index is 483. The first kappa shape index (κ1) is 11.5. The van der Waals surface area contributed by atoms with Crippen LogP contribution in [0.25, 0.3) is 6.08 Å². The Balaban J connectivity index is 2.21. The molecule has 0 atom stereocenters. The summed E-state index contributed by atoms with van der Waals surface area (Å²) in [5.41, 5.74) is 0.561. The lowest BCUT2D eigenvalue weighted by atomic mass is 9.94. The van der Waals surface area contributed by atoms with E-state index in [1.807, 2.05) is 44.2 Å². The summed E-state index contributed by atoms with van der Waals surface area (Å²) in [4.78, 5) is 0. The molecule has 1 heterocycles. The zero-order valence-electron chi connectivity index (χ0n) is 10.1. The first-order valence-electron chi connectivity index (χ1n) is 5.61. The van der Waals surface area contributed by atoms with Crippen LogP contribution in [0.4, 0.5) is 0 Å². The van der Waals surface area contributed by atoms with Crippen molar-refractivity contribution in [1.82, 2.24) is 0 Å². The molecule has 0 fully saturated rings. The van der Waals surface area contributed by atoms with Crippen molar-refractivity contribution < 1.29 is 9.47 Å². The Morgan fingerprint density at radius 3 is 2.65 bits per heavy atom. The fraction of sp³-hybridized carbons (Fsp3) is 0.357. The third-order valence-electron chi connectivity index (χ3n) is 2.55. The average Bonchev–Trinajstić information content (AvgIpc) is 2.36. The van der Waals surface area contributed by atoms with E-state index >= 15 is 0 Å². The average molecular weight is 229 g/mol. The van der Waals surface area contributed by atoms with Crippen LogP contribution >= 0.6 is 0 Å². The highest BCUT2D eigenvalue weighted by atomic mass is 16.6. The van der Waals surface area contributed by atoms with Gasteiger partial charge in [0, 0.05) is 0 Å². The van der Waals surface area contributed by atoms with Crippen LogP contribution in [-0.2, 0) is 0 Å². The van der Waals surface area contributed by atoms with Crippen LogP contribution in [0.3, 0.4) is 0 Å². The van der Waals surface area contributed by atoms with E-state index in [0.29, 0.717) is 13.2 Å². The molecule has 1 aromatic carbocycles. The minimum absolute atomic E-state index is 0.451. The van der Waals surface area contributed by atoms with Crippen LogP contribution in [0, 0.1) is 16.7 Å². The van der Waals surface area contributed by atoms with Crippen molar-refractivity contribution in [3.05, 3.63) is 29.8 Å². The van der Waals surface area contributed by atoms with Gasteiger partial charge in [-0.05, 0) is 31.5 Å². The highest BCUT2D eigenvalue weighted by Crippen LogP contribution is 2.31.